The summed E-state index contributed by atoms with van der Waals surface area (Å²) in [4.78, 5) is 16.0. The molecule has 8 rings (SSSR count). The summed E-state index contributed by atoms with van der Waals surface area (Å²) in [5.74, 6) is 0. The standard InChI is InChI=1S/C36H22S6/c1-3-7-23(8-4-1)25-11-13-27(37-25)29-15-17-31(39-29)33-19-21-35(41-33)36-22-20-34(42-36)32-18-16-30(40-32)28-14-12-26(38-28)24-9-5-2-6-10-24/h1-22H. The molecule has 0 saturated carbocycles. The molecule has 6 heterocycles. The van der Waals surface area contributed by atoms with Crippen molar-refractivity contribution in [3.63, 3.8) is 0 Å². The molecule has 0 fully saturated rings. The van der Waals surface area contributed by atoms with E-state index in [0.29, 0.717) is 0 Å². The first kappa shape index (κ1) is 26.3. The van der Waals surface area contributed by atoms with E-state index in [0.717, 1.165) is 0 Å². The second-order valence-corrected chi connectivity index (χ2v) is 16.2. The van der Waals surface area contributed by atoms with Crippen LogP contribution in [0.1, 0.15) is 0 Å². The van der Waals surface area contributed by atoms with Crippen LogP contribution in [0.2, 0.25) is 0 Å². The second kappa shape index (κ2) is 11.4. The second-order valence-electron chi connectivity index (χ2n) is 9.72. The highest BCUT2D eigenvalue weighted by Crippen LogP contribution is 2.46. The number of benzene rings is 2. The minimum atomic E-state index is 1.28. The molecule has 0 aliphatic carbocycles. The Kier molecular flexibility index (Phi) is 7.12. The number of rotatable bonds is 7. The van der Waals surface area contributed by atoms with Crippen LogP contribution in [0.25, 0.3) is 69.7 Å². The fourth-order valence-corrected chi connectivity index (χ4v) is 11.4. The van der Waals surface area contributed by atoms with Crippen molar-refractivity contribution in [1.29, 1.82) is 0 Å². The molecule has 0 aliphatic heterocycles. The van der Waals surface area contributed by atoms with E-state index in [4.69, 9.17) is 0 Å². The number of hydrogen-bond donors (Lipinski definition) is 0. The highest BCUT2D eigenvalue weighted by Gasteiger charge is 2.14. The third kappa shape index (κ3) is 5.20. The van der Waals surface area contributed by atoms with Crippen LogP contribution in [0.15, 0.2) is 133 Å². The molecule has 0 radical (unpaired) electrons. The fourth-order valence-electron chi connectivity index (χ4n) is 4.87. The van der Waals surface area contributed by atoms with Gasteiger partial charge in [0.05, 0.1) is 0 Å². The summed E-state index contributed by atoms with van der Waals surface area (Å²) in [6.45, 7) is 0. The van der Waals surface area contributed by atoms with E-state index in [1.54, 1.807) is 0 Å². The van der Waals surface area contributed by atoms with E-state index >= 15 is 0 Å². The Labute approximate surface area is 269 Å². The van der Waals surface area contributed by atoms with Gasteiger partial charge in [0.25, 0.3) is 0 Å². The van der Waals surface area contributed by atoms with E-state index in [2.05, 4.69) is 133 Å². The van der Waals surface area contributed by atoms with Crippen LogP contribution in [0.3, 0.4) is 0 Å². The molecular formula is C36H22S6. The third-order valence-corrected chi connectivity index (χ3v) is 14.6. The summed E-state index contributed by atoms with van der Waals surface area (Å²) in [6.07, 6.45) is 0. The first-order valence-electron chi connectivity index (χ1n) is 13.5. The molecule has 6 heteroatoms. The highest BCUT2D eigenvalue weighted by atomic mass is 32.1. The Bertz CT molecular complexity index is 1940. The molecule has 6 aromatic heterocycles. The average Bonchev–Trinajstić information content (AvgIpc) is 3.88. The summed E-state index contributed by atoms with van der Waals surface area (Å²) >= 11 is 11.3. The molecule has 0 N–H and O–H groups in total. The molecule has 202 valence electrons. The van der Waals surface area contributed by atoms with Crippen molar-refractivity contribution in [1.82, 2.24) is 0 Å². The lowest BCUT2D eigenvalue weighted by Crippen LogP contribution is -1.67. The lowest BCUT2D eigenvalue weighted by atomic mass is 10.2. The van der Waals surface area contributed by atoms with Gasteiger partial charge in [0.15, 0.2) is 0 Å². The predicted molar refractivity (Wildman–Crippen MR) is 192 cm³/mol. The van der Waals surface area contributed by atoms with Crippen LogP contribution in [-0.4, -0.2) is 0 Å². The van der Waals surface area contributed by atoms with Gasteiger partial charge in [0.2, 0.25) is 0 Å². The minimum absolute atomic E-state index is 1.28. The Balaban J connectivity index is 0.992. The molecule has 0 amide bonds. The molecule has 0 unspecified atom stereocenters. The molecular weight excluding hydrogens is 625 g/mol. The van der Waals surface area contributed by atoms with E-state index in [1.807, 2.05) is 68.0 Å². The van der Waals surface area contributed by atoms with Crippen molar-refractivity contribution >= 4 is 68.0 Å². The number of hydrogen-bond acceptors (Lipinski definition) is 6. The van der Waals surface area contributed by atoms with Gasteiger partial charge in [-0.25, -0.2) is 0 Å². The zero-order valence-corrected chi connectivity index (χ0v) is 27.1. The minimum Gasteiger partial charge on any atom is -0.134 e. The van der Waals surface area contributed by atoms with Crippen molar-refractivity contribution < 1.29 is 0 Å². The van der Waals surface area contributed by atoms with Crippen LogP contribution in [0, 0.1) is 0 Å². The maximum atomic E-state index is 2.28. The molecule has 0 atom stereocenters. The SMILES string of the molecule is c1ccc(-c2ccc(-c3ccc(-c4ccc(-c5ccc(-c6ccc(-c7ccc(-c8ccccc8)s7)s6)s5)s4)s3)s2)cc1. The van der Waals surface area contributed by atoms with Crippen molar-refractivity contribution in [3.8, 4) is 69.7 Å². The first-order chi connectivity index (χ1) is 20.8. The molecule has 42 heavy (non-hydrogen) atoms. The first-order valence-corrected chi connectivity index (χ1v) is 18.4. The monoisotopic (exact) mass is 646 g/mol. The summed E-state index contributed by atoms with van der Waals surface area (Å²) in [7, 11) is 0. The van der Waals surface area contributed by atoms with E-state index in [-0.39, 0.29) is 0 Å². The highest BCUT2D eigenvalue weighted by molar-refractivity contribution is 7.30. The molecule has 0 bridgehead atoms. The van der Waals surface area contributed by atoms with Gasteiger partial charge in [-0.15, -0.1) is 68.0 Å². The maximum Gasteiger partial charge on any atom is 0.0449 e. The van der Waals surface area contributed by atoms with E-state index in [9.17, 15) is 0 Å². The Morgan fingerprint density at radius 3 is 0.619 bits per heavy atom. The predicted octanol–water partition coefficient (Wildman–Crippen LogP) is 13.7. The van der Waals surface area contributed by atoms with Gasteiger partial charge >= 0.3 is 0 Å². The fraction of sp³-hybridized carbons (Fsp3) is 0. The summed E-state index contributed by atoms with van der Waals surface area (Å²) in [6, 6.07) is 48.5. The maximum absolute atomic E-state index is 2.28. The summed E-state index contributed by atoms with van der Waals surface area (Å²) in [5, 5.41) is 0. The van der Waals surface area contributed by atoms with Crippen molar-refractivity contribution in [2.45, 2.75) is 0 Å². The van der Waals surface area contributed by atoms with Crippen molar-refractivity contribution in [2.24, 2.45) is 0 Å². The van der Waals surface area contributed by atoms with Gasteiger partial charge in [-0.05, 0) is 83.9 Å². The summed E-state index contributed by atoms with van der Waals surface area (Å²) < 4.78 is 0. The topological polar surface area (TPSA) is 0 Å². The molecule has 0 spiro atoms. The Hall–Kier alpha value is -3.36. The smallest absolute Gasteiger partial charge is 0.0449 e. The van der Waals surface area contributed by atoms with Crippen LogP contribution < -0.4 is 0 Å². The van der Waals surface area contributed by atoms with Gasteiger partial charge < -0.3 is 0 Å². The van der Waals surface area contributed by atoms with Gasteiger partial charge in [0.1, 0.15) is 0 Å². The Morgan fingerprint density at radius 1 is 0.190 bits per heavy atom. The molecule has 0 saturated heterocycles. The van der Waals surface area contributed by atoms with Crippen LogP contribution >= 0.6 is 68.0 Å². The number of thiophene rings is 6. The lowest BCUT2D eigenvalue weighted by Gasteiger charge is -1.95. The molecule has 0 aliphatic rings. The molecule has 8 aromatic rings. The van der Waals surface area contributed by atoms with Gasteiger partial charge in [-0.2, -0.15) is 0 Å². The van der Waals surface area contributed by atoms with Crippen molar-refractivity contribution in [2.75, 3.05) is 0 Å². The third-order valence-electron chi connectivity index (χ3n) is 6.97. The van der Waals surface area contributed by atoms with E-state index < -0.39 is 0 Å². The quantitative estimate of drug-likeness (QED) is 0.162. The lowest BCUT2D eigenvalue weighted by molar-refractivity contribution is 1.70. The molecule has 0 nitrogen and oxygen atoms in total. The van der Waals surface area contributed by atoms with Gasteiger partial charge in [0, 0.05) is 58.5 Å². The van der Waals surface area contributed by atoms with Crippen LogP contribution in [0.4, 0.5) is 0 Å². The molecule has 2 aromatic carbocycles. The zero-order valence-electron chi connectivity index (χ0n) is 22.2. The van der Waals surface area contributed by atoms with Gasteiger partial charge in [-0.3, -0.25) is 0 Å². The largest absolute Gasteiger partial charge is 0.134 e. The zero-order chi connectivity index (χ0) is 27.9. The normalized spacial score (nSPS) is 11.3. The van der Waals surface area contributed by atoms with E-state index in [1.165, 1.54) is 69.7 Å². The van der Waals surface area contributed by atoms with Crippen molar-refractivity contribution in [3.05, 3.63) is 133 Å². The average molecular weight is 647 g/mol. The van der Waals surface area contributed by atoms with Crippen LogP contribution in [-0.2, 0) is 0 Å². The Morgan fingerprint density at radius 2 is 0.381 bits per heavy atom. The van der Waals surface area contributed by atoms with Crippen LogP contribution in [0.5, 0.6) is 0 Å². The van der Waals surface area contributed by atoms with Gasteiger partial charge in [-0.1, -0.05) is 60.7 Å². The summed E-state index contributed by atoms with van der Waals surface area (Å²) in [5.41, 5.74) is 2.57.